The van der Waals surface area contributed by atoms with E-state index in [0.29, 0.717) is 0 Å². The number of esters is 2. The van der Waals surface area contributed by atoms with Gasteiger partial charge in [0.25, 0.3) is 0 Å². The third-order valence-corrected chi connectivity index (χ3v) is 2.43. The number of nitrogen functional groups attached to an aromatic ring is 1. The molecule has 0 atom stereocenters. The standard InChI is InChI=1S/C8H9NO4S/c1-12-7(10)4-3-14-6(9)5(4)8(11)13-2/h3H,9H2,1-2H3. The van der Waals surface area contributed by atoms with Crippen LogP contribution in [0.2, 0.25) is 0 Å². The van der Waals surface area contributed by atoms with E-state index in [2.05, 4.69) is 9.47 Å². The maximum Gasteiger partial charge on any atom is 0.341 e. The lowest BCUT2D eigenvalue weighted by Gasteiger charge is -2.01. The second-order valence-corrected chi connectivity index (χ2v) is 3.28. The van der Waals surface area contributed by atoms with Gasteiger partial charge in [-0.3, -0.25) is 0 Å². The molecule has 14 heavy (non-hydrogen) atoms. The lowest BCUT2D eigenvalue weighted by molar-refractivity contribution is 0.0557. The maximum atomic E-state index is 11.2. The van der Waals surface area contributed by atoms with Crippen LogP contribution >= 0.6 is 11.3 Å². The summed E-state index contributed by atoms with van der Waals surface area (Å²) in [6.07, 6.45) is 0. The average molecular weight is 215 g/mol. The molecule has 0 amide bonds. The monoisotopic (exact) mass is 215 g/mol. The van der Waals surface area contributed by atoms with Crippen molar-refractivity contribution >= 4 is 28.3 Å². The van der Waals surface area contributed by atoms with E-state index in [1.165, 1.54) is 19.6 Å². The van der Waals surface area contributed by atoms with Gasteiger partial charge in [-0.15, -0.1) is 11.3 Å². The first-order valence-electron chi connectivity index (χ1n) is 3.65. The average Bonchev–Trinajstić information content (AvgIpc) is 2.58. The van der Waals surface area contributed by atoms with Crippen LogP contribution in [0.1, 0.15) is 20.7 Å². The molecule has 0 aliphatic rings. The molecule has 0 aliphatic heterocycles. The molecule has 5 nitrogen and oxygen atoms in total. The van der Waals surface area contributed by atoms with Gasteiger partial charge in [-0.1, -0.05) is 0 Å². The summed E-state index contributed by atoms with van der Waals surface area (Å²) in [6, 6.07) is 0. The fraction of sp³-hybridized carbons (Fsp3) is 0.250. The fourth-order valence-electron chi connectivity index (χ4n) is 0.946. The summed E-state index contributed by atoms with van der Waals surface area (Å²) in [5, 5.41) is 1.71. The Kier molecular flexibility index (Phi) is 3.08. The molecule has 0 aliphatic carbocycles. The van der Waals surface area contributed by atoms with Crippen molar-refractivity contribution in [2.75, 3.05) is 20.0 Å². The molecule has 1 aromatic rings. The van der Waals surface area contributed by atoms with Crippen molar-refractivity contribution < 1.29 is 19.1 Å². The maximum absolute atomic E-state index is 11.2. The largest absolute Gasteiger partial charge is 0.465 e. The van der Waals surface area contributed by atoms with Gasteiger partial charge < -0.3 is 15.2 Å². The van der Waals surface area contributed by atoms with Gasteiger partial charge in [-0.2, -0.15) is 0 Å². The number of hydrogen-bond donors (Lipinski definition) is 1. The molecule has 76 valence electrons. The SMILES string of the molecule is COC(=O)c1csc(N)c1C(=O)OC. The molecule has 0 aromatic carbocycles. The first-order chi connectivity index (χ1) is 6.61. The van der Waals surface area contributed by atoms with Crippen molar-refractivity contribution in [3.8, 4) is 0 Å². The van der Waals surface area contributed by atoms with E-state index < -0.39 is 11.9 Å². The van der Waals surface area contributed by atoms with Crippen molar-refractivity contribution in [1.29, 1.82) is 0 Å². The highest BCUT2D eigenvalue weighted by molar-refractivity contribution is 7.14. The molecule has 0 bridgehead atoms. The molecule has 0 radical (unpaired) electrons. The summed E-state index contributed by atoms with van der Waals surface area (Å²) < 4.78 is 8.98. The van der Waals surface area contributed by atoms with E-state index in [-0.39, 0.29) is 16.1 Å². The number of rotatable bonds is 2. The van der Waals surface area contributed by atoms with E-state index >= 15 is 0 Å². The summed E-state index contributed by atoms with van der Waals surface area (Å²) in [4.78, 5) is 22.4. The first-order valence-corrected chi connectivity index (χ1v) is 4.53. The minimum Gasteiger partial charge on any atom is -0.465 e. The molecule has 0 spiro atoms. The van der Waals surface area contributed by atoms with Crippen LogP contribution < -0.4 is 5.73 Å². The van der Waals surface area contributed by atoms with Crippen molar-refractivity contribution in [2.45, 2.75) is 0 Å². The minimum atomic E-state index is -0.635. The number of carbonyl (C=O) groups is 2. The summed E-state index contributed by atoms with van der Waals surface area (Å²) in [5.41, 5.74) is 5.73. The van der Waals surface area contributed by atoms with Crippen LogP contribution in [0.3, 0.4) is 0 Å². The molecule has 0 unspecified atom stereocenters. The molecule has 1 heterocycles. The van der Waals surface area contributed by atoms with E-state index in [1.807, 2.05) is 0 Å². The van der Waals surface area contributed by atoms with Gasteiger partial charge in [0.2, 0.25) is 0 Å². The number of nitrogens with two attached hydrogens (primary N) is 1. The number of anilines is 1. The third-order valence-electron chi connectivity index (χ3n) is 1.61. The molecule has 1 rings (SSSR count). The van der Waals surface area contributed by atoms with Crippen LogP contribution in [0.4, 0.5) is 5.00 Å². The molecular weight excluding hydrogens is 206 g/mol. The van der Waals surface area contributed by atoms with E-state index in [0.717, 1.165) is 11.3 Å². The van der Waals surface area contributed by atoms with Gasteiger partial charge in [0, 0.05) is 5.38 Å². The second-order valence-electron chi connectivity index (χ2n) is 2.37. The Bertz CT molecular complexity index is 371. The second kappa shape index (κ2) is 4.10. The van der Waals surface area contributed by atoms with Gasteiger partial charge in [0.05, 0.1) is 19.8 Å². The fourth-order valence-corrected chi connectivity index (χ4v) is 1.72. The topological polar surface area (TPSA) is 78.6 Å². The Labute approximate surface area is 84.4 Å². The molecular formula is C8H9NO4S. The Balaban J connectivity index is 3.19. The minimum absolute atomic E-state index is 0.0735. The summed E-state index contributed by atoms with van der Waals surface area (Å²) in [6.45, 7) is 0. The molecule has 1 aromatic heterocycles. The summed E-state index contributed by atoms with van der Waals surface area (Å²) in [5.74, 6) is -1.23. The van der Waals surface area contributed by atoms with Crippen LogP contribution in [-0.2, 0) is 9.47 Å². The van der Waals surface area contributed by atoms with Crippen LogP contribution in [0, 0.1) is 0 Å². The normalized spacial score (nSPS) is 9.57. The van der Waals surface area contributed by atoms with Crippen LogP contribution in [0.5, 0.6) is 0 Å². The Morgan fingerprint density at radius 3 is 2.36 bits per heavy atom. The van der Waals surface area contributed by atoms with E-state index in [1.54, 1.807) is 0 Å². The zero-order chi connectivity index (χ0) is 10.7. The van der Waals surface area contributed by atoms with Gasteiger partial charge in [-0.05, 0) is 0 Å². The third kappa shape index (κ3) is 1.69. The van der Waals surface area contributed by atoms with Gasteiger partial charge in [0.1, 0.15) is 10.6 Å². The molecule has 6 heteroatoms. The predicted octanol–water partition coefficient (Wildman–Crippen LogP) is 0.904. The van der Waals surface area contributed by atoms with Crippen molar-refractivity contribution in [2.24, 2.45) is 0 Å². The zero-order valence-electron chi connectivity index (χ0n) is 7.70. The molecule has 0 fully saturated rings. The quantitative estimate of drug-likeness (QED) is 0.741. The smallest absolute Gasteiger partial charge is 0.341 e. The number of carbonyl (C=O) groups excluding carboxylic acids is 2. The van der Waals surface area contributed by atoms with Gasteiger partial charge in [-0.25, -0.2) is 9.59 Å². The number of thiophene rings is 1. The Morgan fingerprint density at radius 2 is 1.86 bits per heavy atom. The highest BCUT2D eigenvalue weighted by Crippen LogP contribution is 2.26. The van der Waals surface area contributed by atoms with E-state index in [4.69, 9.17) is 5.73 Å². The van der Waals surface area contributed by atoms with Gasteiger partial charge in [0.15, 0.2) is 0 Å². The first kappa shape index (κ1) is 10.5. The summed E-state index contributed by atoms with van der Waals surface area (Å²) >= 11 is 1.09. The highest BCUT2D eigenvalue weighted by atomic mass is 32.1. The van der Waals surface area contributed by atoms with Crippen molar-refractivity contribution in [3.63, 3.8) is 0 Å². The highest BCUT2D eigenvalue weighted by Gasteiger charge is 2.23. The van der Waals surface area contributed by atoms with Crippen LogP contribution in [-0.4, -0.2) is 26.2 Å². The lowest BCUT2D eigenvalue weighted by atomic mass is 10.2. The van der Waals surface area contributed by atoms with Crippen LogP contribution in [0.25, 0.3) is 0 Å². The Hall–Kier alpha value is -1.56. The predicted molar refractivity (Wildman–Crippen MR) is 51.4 cm³/mol. The van der Waals surface area contributed by atoms with E-state index in [9.17, 15) is 9.59 Å². The van der Waals surface area contributed by atoms with Crippen LogP contribution in [0.15, 0.2) is 5.38 Å². The number of ether oxygens (including phenoxy) is 2. The summed E-state index contributed by atoms with van der Waals surface area (Å²) in [7, 11) is 2.46. The molecule has 0 saturated carbocycles. The number of methoxy groups -OCH3 is 2. The number of hydrogen-bond acceptors (Lipinski definition) is 6. The van der Waals surface area contributed by atoms with Crippen molar-refractivity contribution in [1.82, 2.24) is 0 Å². The Morgan fingerprint density at radius 1 is 1.29 bits per heavy atom. The lowest BCUT2D eigenvalue weighted by Crippen LogP contribution is -2.10. The van der Waals surface area contributed by atoms with Crippen molar-refractivity contribution in [3.05, 3.63) is 16.5 Å². The molecule has 0 saturated heterocycles. The molecule has 2 N–H and O–H groups in total. The zero-order valence-corrected chi connectivity index (χ0v) is 8.51. The van der Waals surface area contributed by atoms with Gasteiger partial charge >= 0.3 is 11.9 Å².